The Morgan fingerprint density at radius 2 is 1.76 bits per heavy atom. The second kappa shape index (κ2) is 3.87. The summed E-state index contributed by atoms with van der Waals surface area (Å²) in [4.78, 5) is 2.81. The first-order valence-electron chi connectivity index (χ1n) is 4.54. The lowest BCUT2D eigenvalue weighted by Crippen LogP contribution is -1.95. The third-order valence-electron chi connectivity index (χ3n) is 2.32. The second-order valence-corrected chi connectivity index (χ2v) is 4.98. The molecule has 0 saturated heterocycles. The van der Waals surface area contributed by atoms with Crippen LogP contribution in [-0.2, 0) is 0 Å². The Hall–Kier alpha value is -1.85. The molecule has 0 aliphatic rings. The van der Waals surface area contributed by atoms with E-state index in [0.29, 0.717) is 10.8 Å². The first-order valence-corrected chi connectivity index (χ1v) is 6.05. The van der Waals surface area contributed by atoms with Crippen molar-refractivity contribution in [3.05, 3.63) is 35.3 Å². The highest BCUT2D eigenvalue weighted by atomic mass is 32.3. The summed E-state index contributed by atoms with van der Waals surface area (Å²) >= 11 is 0. The van der Waals surface area contributed by atoms with Gasteiger partial charge < -0.3 is 18.8 Å². The quantitative estimate of drug-likeness (QED) is 0.580. The summed E-state index contributed by atoms with van der Waals surface area (Å²) in [6.07, 6.45) is 0. The molecular formula is C10H9N2O4S+. The van der Waals surface area contributed by atoms with Crippen LogP contribution in [0.25, 0.3) is 15.7 Å². The van der Waals surface area contributed by atoms with E-state index in [1.807, 2.05) is 0 Å². The highest BCUT2D eigenvalue weighted by molar-refractivity contribution is 8.19. The van der Waals surface area contributed by atoms with Gasteiger partial charge in [0.2, 0.25) is 5.39 Å². The van der Waals surface area contributed by atoms with Crippen LogP contribution in [0.15, 0.2) is 35.2 Å². The van der Waals surface area contributed by atoms with Crippen LogP contribution in [0.1, 0.15) is 0 Å². The zero-order valence-corrected chi connectivity index (χ0v) is 9.29. The minimum Gasteiger partial charge on any atom is -0.507 e. The standard InChI is InChI=1S/C10H8N2O4S/c11-12-7-2-1-6-3-8(17(14,15)16)5-10(13)9(6)4-7/h1-5H,(H3-,13,14,15,16)/p+1. The fourth-order valence-corrected chi connectivity index (χ4v) is 2.07. The van der Waals surface area contributed by atoms with Gasteiger partial charge in [-0.05, 0) is 23.6 Å². The number of phenols is 1. The van der Waals surface area contributed by atoms with Crippen molar-refractivity contribution in [1.29, 1.82) is 5.39 Å². The molecule has 17 heavy (non-hydrogen) atoms. The van der Waals surface area contributed by atoms with E-state index in [1.165, 1.54) is 24.3 Å². The molecule has 0 atom stereocenters. The molecule has 0 spiro atoms. The molecular weight excluding hydrogens is 244 g/mol. The van der Waals surface area contributed by atoms with Crippen LogP contribution < -0.4 is 0 Å². The first kappa shape index (κ1) is 11.6. The Bertz CT molecular complexity index is 630. The van der Waals surface area contributed by atoms with E-state index in [4.69, 9.17) is 19.1 Å². The van der Waals surface area contributed by atoms with E-state index in [0.717, 1.165) is 6.07 Å². The molecule has 4 N–H and O–H groups in total. The second-order valence-electron chi connectivity index (χ2n) is 3.47. The van der Waals surface area contributed by atoms with Crippen molar-refractivity contribution in [3.63, 3.8) is 0 Å². The van der Waals surface area contributed by atoms with Crippen LogP contribution in [0, 0.1) is 5.39 Å². The minimum atomic E-state index is -3.87. The van der Waals surface area contributed by atoms with E-state index in [9.17, 15) is 5.11 Å². The number of fused-ring (bicyclic) bond motifs is 1. The van der Waals surface area contributed by atoms with Gasteiger partial charge in [-0.15, -0.1) is 0 Å². The maximum atomic E-state index is 9.69. The van der Waals surface area contributed by atoms with E-state index >= 15 is 0 Å². The Morgan fingerprint density at radius 1 is 1.06 bits per heavy atom. The molecule has 2 rings (SSSR count). The van der Waals surface area contributed by atoms with E-state index in [-0.39, 0.29) is 16.3 Å². The number of benzene rings is 2. The molecule has 0 heterocycles. The number of rotatable bonds is 1. The van der Waals surface area contributed by atoms with Crippen LogP contribution in [-0.4, -0.2) is 18.8 Å². The number of hydrogen-bond acceptors (Lipinski definition) is 5. The zero-order valence-electron chi connectivity index (χ0n) is 8.48. The van der Waals surface area contributed by atoms with Crippen molar-refractivity contribution in [2.24, 2.45) is 0 Å². The predicted molar refractivity (Wildman–Crippen MR) is 64.1 cm³/mol. The fourth-order valence-electron chi connectivity index (χ4n) is 1.52. The summed E-state index contributed by atoms with van der Waals surface area (Å²) in [5.74, 6) is -0.239. The highest BCUT2D eigenvalue weighted by Gasteiger charge is 2.19. The number of phenolic OH excluding ortho intramolecular Hbond substituents is 1. The van der Waals surface area contributed by atoms with Crippen molar-refractivity contribution in [2.75, 3.05) is 0 Å². The monoisotopic (exact) mass is 253 g/mol. The van der Waals surface area contributed by atoms with Gasteiger partial charge in [0.25, 0.3) is 0 Å². The topological polar surface area (TPSA) is 109 Å². The lowest BCUT2D eigenvalue weighted by atomic mass is 10.1. The Morgan fingerprint density at radius 3 is 2.35 bits per heavy atom. The summed E-state index contributed by atoms with van der Waals surface area (Å²) in [6, 6.07) is 6.83. The van der Waals surface area contributed by atoms with Gasteiger partial charge in [-0.3, -0.25) is 0 Å². The molecule has 0 saturated carbocycles. The van der Waals surface area contributed by atoms with Crippen molar-refractivity contribution < 1.29 is 18.8 Å². The highest BCUT2D eigenvalue weighted by Crippen LogP contribution is 2.46. The largest absolute Gasteiger partial charge is 0.507 e. The van der Waals surface area contributed by atoms with Crippen molar-refractivity contribution in [2.45, 2.75) is 4.90 Å². The molecule has 6 nitrogen and oxygen atoms in total. The van der Waals surface area contributed by atoms with Gasteiger partial charge in [0, 0.05) is 17.5 Å². The normalized spacial score (nSPS) is 12.4. The molecule has 7 heteroatoms. The summed E-state index contributed by atoms with van der Waals surface area (Å²) in [5, 5.41) is 19.2. The molecule has 0 radical (unpaired) electrons. The molecule has 2 aromatic carbocycles. The van der Waals surface area contributed by atoms with Gasteiger partial charge in [0.15, 0.2) is 4.98 Å². The van der Waals surface area contributed by atoms with Crippen molar-refractivity contribution in [1.82, 2.24) is 0 Å². The third kappa shape index (κ3) is 2.15. The van der Waals surface area contributed by atoms with Crippen molar-refractivity contribution in [3.8, 4) is 5.75 Å². The van der Waals surface area contributed by atoms with Gasteiger partial charge in [0.05, 0.1) is 4.90 Å². The van der Waals surface area contributed by atoms with Gasteiger partial charge in [-0.1, -0.05) is 0 Å². The number of diazo groups is 1. The molecule has 0 aliphatic carbocycles. The van der Waals surface area contributed by atoms with E-state index in [1.54, 1.807) is 0 Å². The SMILES string of the molecule is N#[N+]c1ccc2cc(S(O)(O)O)cc(O)c2c1. The Kier molecular flexibility index (Phi) is 2.65. The number of nitrogens with zero attached hydrogens (tertiary/aromatic N) is 2. The minimum absolute atomic E-state index is 0.170. The first-order chi connectivity index (χ1) is 7.91. The van der Waals surface area contributed by atoms with Crippen LogP contribution in [0.2, 0.25) is 0 Å². The molecule has 0 amide bonds. The zero-order chi connectivity index (χ0) is 12.6. The van der Waals surface area contributed by atoms with Gasteiger partial charge in [-0.2, -0.15) is 0 Å². The molecule has 0 aromatic heterocycles. The lowest BCUT2D eigenvalue weighted by Gasteiger charge is -2.19. The molecule has 0 fully saturated rings. The lowest BCUT2D eigenvalue weighted by molar-refractivity contribution is 0.375. The smallest absolute Gasteiger partial charge is 0.385 e. The third-order valence-corrected chi connectivity index (χ3v) is 3.19. The Labute approximate surface area is 97.9 Å². The maximum absolute atomic E-state index is 9.69. The van der Waals surface area contributed by atoms with Crippen molar-refractivity contribution >= 4 is 27.3 Å². The van der Waals surface area contributed by atoms with Gasteiger partial charge >= 0.3 is 5.69 Å². The van der Waals surface area contributed by atoms with Gasteiger partial charge in [0.1, 0.15) is 16.6 Å². The molecule has 0 bridgehead atoms. The Balaban J connectivity index is 2.73. The molecule has 88 valence electrons. The molecule has 2 aromatic rings. The maximum Gasteiger partial charge on any atom is 0.385 e. The molecule has 0 unspecified atom stereocenters. The summed E-state index contributed by atoms with van der Waals surface area (Å²) in [7, 11) is -3.87. The summed E-state index contributed by atoms with van der Waals surface area (Å²) < 4.78 is 27.3. The van der Waals surface area contributed by atoms with E-state index < -0.39 is 10.9 Å². The molecule has 0 aliphatic heterocycles. The average Bonchev–Trinajstić information content (AvgIpc) is 2.27. The number of aromatic hydroxyl groups is 1. The van der Waals surface area contributed by atoms with E-state index in [2.05, 4.69) is 4.98 Å². The summed E-state index contributed by atoms with van der Waals surface area (Å²) in [6.45, 7) is 0. The fraction of sp³-hybridized carbons (Fsp3) is 0. The number of hydrogen-bond donors (Lipinski definition) is 4. The summed E-state index contributed by atoms with van der Waals surface area (Å²) in [5.41, 5.74) is 0.260. The average molecular weight is 253 g/mol. The predicted octanol–water partition coefficient (Wildman–Crippen LogP) is 3.61. The van der Waals surface area contributed by atoms with Gasteiger partial charge in [-0.25, -0.2) is 0 Å². The van der Waals surface area contributed by atoms with Crippen LogP contribution in [0.5, 0.6) is 5.75 Å². The van der Waals surface area contributed by atoms with Crippen LogP contribution in [0.3, 0.4) is 0 Å². The van der Waals surface area contributed by atoms with Crippen LogP contribution >= 0.6 is 10.9 Å². The van der Waals surface area contributed by atoms with Crippen LogP contribution in [0.4, 0.5) is 5.69 Å².